The molecule has 0 aliphatic carbocycles. The van der Waals surface area contributed by atoms with Gasteiger partial charge < -0.3 is 10.2 Å². The third kappa shape index (κ3) is 6.71. The monoisotopic (exact) mass is 275 g/mol. The van der Waals surface area contributed by atoms with Crippen molar-refractivity contribution in [3.63, 3.8) is 0 Å². The molecule has 0 aromatic rings. The Balaban J connectivity index is 4.74. The fraction of sp³-hybridized carbons (Fsp3) is 0.833. The molecule has 3 N–H and O–H groups in total. The number of carboxylic acid groups (broad SMARTS) is 1. The second-order valence-electron chi connectivity index (χ2n) is 3.18. The summed E-state index contributed by atoms with van der Waals surface area (Å²) in [4.78, 5) is 10.5. The van der Waals surface area contributed by atoms with E-state index in [1.807, 2.05) is 0 Å². The van der Waals surface area contributed by atoms with Crippen LogP contribution in [0.4, 0.5) is 0 Å². The Morgan fingerprint density at radius 3 is 2.12 bits per heavy atom. The highest BCUT2D eigenvalue weighted by Gasteiger charge is 2.26. The molecule has 8 nitrogen and oxygen atoms in total. The zero-order valence-corrected chi connectivity index (χ0v) is 10.1. The zero-order chi connectivity index (χ0) is 13.0. The smallest absolute Gasteiger partial charge is 0.321 e. The molecule has 0 heterocycles. The summed E-state index contributed by atoms with van der Waals surface area (Å²) in [6.45, 7) is -0.529. The van der Waals surface area contributed by atoms with E-state index in [1.54, 1.807) is 4.72 Å². The lowest BCUT2D eigenvalue weighted by atomic mass is 10.2. The summed E-state index contributed by atoms with van der Waals surface area (Å²) < 4.78 is 45.6. The number of hydrogen-bond donors (Lipinski definition) is 3. The van der Waals surface area contributed by atoms with Gasteiger partial charge in [-0.1, -0.05) is 0 Å². The summed E-state index contributed by atoms with van der Waals surface area (Å²) in [5.74, 6) is -1.48. The number of nitrogens with one attached hydrogen (secondary N) is 1. The highest BCUT2D eigenvalue weighted by Crippen LogP contribution is 1.98. The maximum absolute atomic E-state index is 11.2. The van der Waals surface area contributed by atoms with Gasteiger partial charge in [0.05, 0.1) is 0 Å². The third-order valence-corrected chi connectivity index (χ3v) is 5.00. The first-order valence-electron chi connectivity index (χ1n) is 4.09. The van der Waals surface area contributed by atoms with Crippen LogP contribution in [0, 0.1) is 0 Å². The number of sulfone groups is 1. The first-order chi connectivity index (χ1) is 7.07. The van der Waals surface area contributed by atoms with Crippen molar-refractivity contribution < 1.29 is 31.8 Å². The predicted octanol–water partition coefficient (Wildman–Crippen LogP) is -2.26. The topological polar surface area (TPSA) is 138 Å². The highest BCUT2D eigenvalue weighted by atomic mass is 32.3. The van der Waals surface area contributed by atoms with Crippen molar-refractivity contribution in [2.24, 2.45) is 0 Å². The van der Waals surface area contributed by atoms with E-state index in [1.165, 1.54) is 0 Å². The fourth-order valence-corrected chi connectivity index (χ4v) is 4.07. The maximum atomic E-state index is 11.2. The number of hydrogen-bond acceptors (Lipinski definition) is 6. The van der Waals surface area contributed by atoms with Gasteiger partial charge in [-0.2, -0.15) is 4.72 Å². The van der Waals surface area contributed by atoms with Crippen molar-refractivity contribution in [3.8, 4) is 0 Å². The molecule has 0 aliphatic heterocycles. The van der Waals surface area contributed by atoms with E-state index >= 15 is 0 Å². The van der Waals surface area contributed by atoms with E-state index in [2.05, 4.69) is 0 Å². The Kier molecular flexibility index (Phi) is 5.32. The molecule has 0 fully saturated rings. The van der Waals surface area contributed by atoms with Crippen LogP contribution in [0.1, 0.15) is 6.42 Å². The molecule has 1 atom stereocenters. The molecule has 0 aliphatic rings. The predicted molar refractivity (Wildman–Crippen MR) is 54.9 cm³/mol. The average Bonchev–Trinajstić information content (AvgIpc) is 1.97. The lowest BCUT2D eigenvalue weighted by Gasteiger charge is -2.12. The molecule has 0 bridgehead atoms. The Morgan fingerprint density at radius 1 is 1.31 bits per heavy atom. The molecule has 0 spiro atoms. The normalized spacial score (nSPS) is 14.6. The largest absolute Gasteiger partial charge is 0.480 e. The van der Waals surface area contributed by atoms with Crippen LogP contribution < -0.4 is 4.72 Å². The summed E-state index contributed by atoms with van der Waals surface area (Å²) in [6, 6.07) is -1.53. The van der Waals surface area contributed by atoms with Gasteiger partial charge >= 0.3 is 5.97 Å². The molecule has 0 saturated carbocycles. The molecular weight excluding hydrogens is 262 g/mol. The fourth-order valence-electron chi connectivity index (χ4n) is 0.895. The second-order valence-corrected chi connectivity index (χ2v) is 7.44. The molecule has 0 rings (SSSR count). The van der Waals surface area contributed by atoms with Crippen LogP contribution in [-0.2, 0) is 24.7 Å². The standard InChI is InChI=1S/C6H13NO7S2/c1-15(11,12)4-16(13,14)7-5(2-3-8)6(9)10/h5,7-8H,2-4H2,1H3,(H,9,10)/t5-/m0/s1. The Bertz CT molecular complexity index is 437. The third-order valence-electron chi connectivity index (χ3n) is 1.41. The van der Waals surface area contributed by atoms with Crippen LogP contribution in [0.5, 0.6) is 0 Å². The maximum Gasteiger partial charge on any atom is 0.321 e. The number of carbonyl (C=O) groups is 1. The summed E-state index contributed by atoms with van der Waals surface area (Å²) in [5.41, 5.74) is 0. The number of carboxylic acids is 1. The van der Waals surface area contributed by atoms with Crippen molar-refractivity contribution >= 4 is 25.8 Å². The molecule has 16 heavy (non-hydrogen) atoms. The van der Waals surface area contributed by atoms with Crippen LogP contribution in [0.2, 0.25) is 0 Å². The zero-order valence-electron chi connectivity index (χ0n) is 8.45. The first kappa shape index (κ1) is 15.3. The van der Waals surface area contributed by atoms with E-state index in [0.29, 0.717) is 6.26 Å². The number of aliphatic carboxylic acids is 1. The van der Waals surface area contributed by atoms with Gasteiger partial charge in [-0.25, -0.2) is 16.8 Å². The molecule has 0 unspecified atom stereocenters. The molecule has 0 aromatic heterocycles. The van der Waals surface area contributed by atoms with Crippen molar-refractivity contribution in [1.82, 2.24) is 4.72 Å². The molecule has 0 amide bonds. The number of aliphatic hydroxyl groups is 1. The summed E-state index contributed by atoms with van der Waals surface area (Å²) in [5, 5.41) is 15.9. The number of aliphatic hydroxyl groups excluding tert-OH is 1. The van der Waals surface area contributed by atoms with Gasteiger partial charge in [0.1, 0.15) is 6.04 Å². The molecule has 0 saturated heterocycles. The minimum absolute atomic E-state index is 0.335. The first-order valence-corrected chi connectivity index (χ1v) is 7.80. The lowest BCUT2D eigenvalue weighted by molar-refractivity contribution is -0.139. The van der Waals surface area contributed by atoms with Crippen LogP contribution in [0.3, 0.4) is 0 Å². The highest BCUT2D eigenvalue weighted by molar-refractivity contribution is 8.06. The lowest BCUT2D eigenvalue weighted by Crippen LogP contribution is -2.43. The van der Waals surface area contributed by atoms with Crippen molar-refractivity contribution in [2.45, 2.75) is 12.5 Å². The van der Waals surface area contributed by atoms with Crippen molar-refractivity contribution in [3.05, 3.63) is 0 Å². The van der Waals surface area contributed by atoms with Gasteiger partial charge in [0.25, 0.3) is 0 Å². The summed E-state index contributed by atoms with van der Waals surface area (Å²) >= 11 is 0. The van der Waals surface area contributed by atoms with Crippen LogP contribution in [0.25, 0.3) is 0 Å². The van der Waals surface area contributed by atoms with Crippen LogP contribution in [-0.4, -0.2) is 57.0 Å². The van der Waals surface area contributed by atoms with Crippen LogP contribution >= 0.6 is 0 Å². The minimum atomic E-state index is -4.24. The van der Waals surface area contributed by atoms with E-state index in [9.17, 15) is 21.6 Å². The Hall–Kier alpha value is -0.710. The van der Waals surface area contributed by atoms with Gasteiger partial charge in [-0.15, -0.1) is 0 Å². The van der Waals surface area contributed by atoms with Gasteiger partial charge in [0, 0.05) is 12.9 Å². The number of sulfonamides is 1. The Morgan fingerprint density at radius 2 is 1.81 bits per heavy atom. The summed E-state index contributed by atoms with van der Waals surface area (Å²) in [6.07, 6.45) is 0.381. The van der Waals surface area contributed by atoms with Gasteiger partial charge in [-0.3, -0.25) is 4.79 Å². The van der Waals surface area contributed by atoms with Gasteiger partial charge in [0.15, 0.2) is 14.9 Å². The van der Waals surface area contributed by atoms with E-state index in [-0.39, 0.29) is 6.42 Å². The molecule has 0 aromatic carbocycles. The minimum Gasteiger partial charge on any atom is -0.480 e. The van der Waals surface area contributed by atoms with Crippen molar-refractivity contribution in [2.75, 3.05) is 17.9 Å². The molecular formula is C6H13NO7S2. The van der Waals surface area contributed by atoms with E-state index in [4.69, 9.17) is 10.2 Å². The van der Waals surface area contributed by atoms with Crippen LogP contribution in [0.15, 0.2) is 0 Å². The van der Waals surface area contributed by atoms with Gasteiger partial charge in [0.2, 0.25) is 10.0 Å². The second kappa shape index (κ2) is 5.57. The molecule has 96 valence electrons. The molecule has 10 heteroatoms. The SMILES string of the molecule is CS(=O)(=O)CS(=O)(=O)N[C@@H](CCO)C(=O)O. The van der Waals surface area contributed by atoms with E-state index < -0.39 is 43.6 Å². The molecule has 0 radical (unpaired) electrons. The van der Waals surface area contributed by atoms with Gasteiger partial charge in [-0.05, 0) is 6.42 Å². The number of rotatable bonds is 7. The summed E-state index contributed by atoms with van der Waals surface area (Å²) in [7, 11) is -8.01. The van der Waals surface area contributed by atoms with E-state index in [0.717, 1.165) is 0 Å². The van der Waals surface area contributed by atoms with Crippen molar-refractivity contribution in [1.29, 1.82) is 0 Å². The quantitative estimate of drug-likeness (QED) is 0.477. The Labute approximate surface area is 93.2 Å². The average molecular weight is 275 g/mol.